The third kappa shape index (κ3) is 7.96. The van der Waals surface area contributed by atoms with Crippen LogP contribution in [0.1, 0.15) is 40.2 Å². The molecule has 0 aromatic heterocycles. The second kappa shape index (κ2) is 11.6. The van der Waals surface area contributed by atoms with Crippen molar-refractivity contribution in [1.29, 1.82) is 0 Å². The van der Waals surface area contributed by atoms with Gasteiger partial charge in [-0.3, -0.25) is 0 Å². The van der Waals surface area contributed by atoms with Gasteiger partial charge in [0.25, 0.3) is 0 Å². The van der Waals surface area contributed by atoms with Crippen LogP contribution in [-0.4, -0.2) is 44.0 Å². The first kappa shape index (κ1) is 27.1. The van der Waals surface area contributed by atoms with E-state index in [0.29, 0.717) is 45.2 Å². The molecule has 0 aliphatic carbocycles. The second-order valence-corrected chi connectivity index (χ2v) is 16.3. The molecule has 164 valence electrons. The molecule has 1 fully saturated rings. The topological polar surface area (TPSA) is 78.9 Å². The van der Waals surface area contributed by atoms with Gasteiger partial charge in [-0.1, -0.05) is 0 Å². The molecule has 6 nitrogen and oxygen atoms in total. The molecule has 1 aliphatic rings. The summed E-state index contributed by atoms with van der Waals surface area (Å²) in [6, 6.07) is 10.1. The van der Waals surface area contributed by atoms with E-state index in [4.69, 9.17) is 19.1 Å². The summed E-state index contributed by atoms with van der Waals surface area (Å²) in [6.45, 7) is 15.6. The number of carboxylic acids is 1. The molecule has 1 saturated heterocycles. The molecule has 1 amide bonds. The Hall–Kier alpha value is -0.928. The summed E-state index contributed by atoms with van der Waals surface area (Å²) in [5.74, 6) is -0.717. The van der Waals surface area contributed by atoms with Crippen molar-refractivity contribution in [3.8, 4) is 0 Å². The van der Waals surface area contributed by atoms with Gasteiger partial charge in [0.2, 0.25) is 0 Å². The van der Waals surface area contributed by atoms with Crippen LogP contribution in [-0.2, 0) is 46.7 Å². The van der Waals surface area contributed by atoms with Gasteiger partial charge in [0.05, 0.1) is 0 Å². The molecule has 0 radical (unpaired) electrons. The van der Waals surface area contributed by atoms with Crippen LogP contribution in [0, 0.1) is 5.92 Å². The molecule has 1 aromatic rings. The Morgan fingerprint density at radius 1 is 1.23 bits per heavy atom. The summed E-state index contributed by atoms with van der Waals surface area (Å²) < 4.78 is 13.4. The van der Waals surface area contributed by atoms with E-state index in [1.165, 1.54) is 0 Å². The van der Waals surface area contributed by atoms with Gasteiger partial charge in [0.15, 0.2) is 0 Å². The standard InChI is InChI=1S/C20H32NO3Si.C2H4O2.Hg/c1-15-16(2)21(13-18(15)24-25(6,7)20(3,4)5)19(22)23-14-17-11-9-8-10-12-17;1-2(3)4;/h8-12,15-16,18H,2,13-14H2,1,3-7H3;1H3,(H,3,4);/q;;+1/p-1/t15-,16?,18+;;/m1../s1. The monoisotopic (exact) mass is 623 g/mol. The average Bonchev–Trinajstić information content (AvgIpc) is 2.94. The summed E-state index contributed by atoms with van der Waals surface area (Å²) >= 11 is 0.637. The van der Waals surface area contributed by atoms with Crippen LogP contribution in [0.3, 0.4) is 0 Å². The Bertz CT molecular complexity index is 689. The number of hydrogen-bond donors (Lipinski definition) is 0. The van der Waals surface area contributed by atoms with Crippen LogP contribution in [0.5, 0.6) is 0 Å². The van der Waals surface area contributed by atoms with E-state index in [-0.39, 0.29) is 23.3 Å². The van der Waals surface area contributed by atoms with Crippen molar-refractivity contribution in [2.75, 3.05) is 6.54 Å². The molecule has 1 aliphatic heterocycles. The molecule has 1 aromatic carbocycles. The molecule has 0 spiro atoms. The van der Waals surface area contributed by atoms with Gasteiger partial charge in [0, 0.05) is 5.97 Å². The number of carbonyl (C=O) groups is 2. The second-order valence-electron chi connectivity index (χ2n) is 9.32. The quantitative estimate of drug-likeness (QED) is 0.468. The molecule has 3 atom stereocenters. The van der Waals surface area contributed by atoms with E-state index in [0.717, 1.165) is 16.4 Å². The first-order valence-electron chi connectivity index (χ1n) is 10.4. The Labute approximate surface area is 198 Å². The van der Waals surface area contributed by atoms with Crippen molar-refractivity contribution in [2.45, 2.75) is 75.4 Å². The third-order valence-electron chi connectivity index (χ3n) is 5.96. The maximum atomic E-state index is 12.7. The van der Waals surface area contributed by atoms with Crippen LogP contribution in [0.2, 0.25) is 22.1 Å². The number of amides is 1. The number of hydrogen-bond acceptors (Lipinski definition) is 5. The summed E-state index contributed by atoms with van der Waals surface area (Å²) in [5, 5.41) is 9.06. The minimum absolute atomic E-state index is 0.119. The zero-order valence-electron chi connectivity index (χ0n) is 19.4. The fraction of sp³-hybridized carbons (Fsp3) is 0.636. The van der Waals surface area contributed by atoms with E-state index < -0.39 is 14.3 Å². The number of carboxylic acid groups (broad SMARTS) is 1. The number of carbonyl (C=O) groups excluding carboxylic acids is 2. The first-order chi connectivity index (χ1) is 13.8. The zero-order chi connectivity index (χ0) is 23.1. The van der Waals surface area contributed by atoms with Crippen LogP contribution in [0.15, 0.2) is 30.3 Å². The predicted molar refractivity (Wildman–Crippen MR) is 114 cm³/mol. The van der Waals surface area contributed by atoms with Crippen molar-refractivity contribution >= 4 is 20.4 Å². The molecule has 0 N–H and O–H groups in total. The Balaban J connectivity index is 0.00000103. The van der Waals surface area contributed by atoms with E-state index in [1.807, 2.05) is 35.2 Å². The summed E-state index contributed by atoms with van der Waals surface area (Å²) in [7, 11) is -1.85. The summed E-state index contributed by atoms with van der Waals surface area (Å²) in [4.78, 5) is 23.5. The van der Waals surface area contributed by atoms with Crippen LogP contribution in [0.25, 0.3) is 0 Å². The molecule has 1 heterocycles. The Kier molecular flexibility index (Phi) is 10.5. The molecule has 0 bridgehead atoms. The molecule has 1 unspecified atom stereocenters. The molecule has 2 rings (SSSR count). The van der Waals surface area contributed by atoms with Gasteiger partial charge in [-0.25, -0.2) is 0 Å². The minimum atomic E-state index is -1.85. The van der Waals surface area contributed by atoms with Crippen LogP contribution >= 0.6 is 0 Å². The number of ether oxygens (including phenoxy) is 1. The molecular formula is C22H35HgNO5Si. The van der Waals surface area contributed by atoms with Crippen molar-refractivity contribution in [3.63, 3.8) is 0 Å². The number of aliphatic carboxylic acids is 1. The van der Waals surface area contributed by atoms with Crippen molar-refractivity contribution < 1.29 is 50.0 Å². The summed E-state index contributed by atoms with van der Waals surface area (Å²) in [6.07, 6.45) is -0.0776. The molecule has 8 heteroatoms. The van der Waals surface area contributed by atoms with Crippen LogP contribution < -0.4 is 5.11 Å². The van der Waals surface area contributed by atoms with Crippen molar-refractivity contribution in [2.24, 2.45) is 5.92 Å². The van der Waals surface area contributed by atoms with Gasteiger partial charge in [-0.2, -0.15) is 0 Å². The van der Waals surface area contributed by atoms with E-state index in [1.54, 1.807) is 0 Å². The number of benzene rings is 1. The van der Waals surface area contributed by atoms with Crippen molar-refractivity contribution in [1.82, 2.24) is 4.90 Å². The fourth-order valence-corrected chi connectivity index (χ4v) is 7.81. The zero-order valence-corrected chi connectivity index (χ0v) is 25.9. The van der Waals surface area contributed by atoms with Crippen molar-refractivity contribution in [3.05, 3.63) is 35.9 Å². The van der Waals surface area contributed by atoms with Gasteiger partial charge < -0.3 is 9.90 Å². The Morgan fingerprint density at radius 2 is 1.77 bits per heavy atom. The SMILES string of the molecule is CC(=O)[O-].C[C@@H]1C([CH2][Hg+])N(C(=O)OCc2ccccc2)C[C@@H]1O[Si](C)(C)C(C)(C)C. The number of rotatable bonds is 5. The maximum absolute atomic E-state index is 12.7. The number of likely N-dealkylation sites (tertiary alicyclic amines) is 1. The van der Waals surface area contributed by atoms with Gasteiger partial charge in [0.1, 0.15) is 0 Å². The predicted octanol–water partition coefficient (Wildman–Crippen LogP) is 3.76. The third-order valence-corrected chi connectivity index (χ3v) is 12.8. The molecule has 0 saturated carbocycles. The summed E-state index contributed by atoms with van der Waals surface area (Å²) in [5.41, 5.74) is 1.02. The Morgan fingerprint density at radius 3 is 2.23 bits per heavy atom. The average molecular weight is 622 g/mol. The first-order valence-corrected chi connectivity index (χ1v) is 17.2. The van der Waals surface area contributed by atoms with E-state index in [9.17, 15) is 4.79 Å². The molecule has 30 heavy (non-hydrogen) atoms. The number of nitrogens with zero attached hydrogens (tertiary/aromatic N) is 1. The van der Waals surface area contributed by atoms with E-state index in [2.05, 4.69) is 40.8 Å². The van der Waals surface area contributed by atoms with Gasteiger partial charge in [-0.15, -0.1) is 0 Å². The normalized spacial score (nSPS) is 21.6. The van der Waals surface area contributed by atoms with Gasteiger partial charge in [-0.05, 0) is 6.92 Å². The fourth-order valence-electron chi connectivity index (χ4n) is 3.16. The van der Waals surface area contributed by atoms with E-state index >= 15 is 0 Å². The van der Waals surface area contributed by atoms with Gasteiger partial charge >= 0.3 is 176 Å². The van der Waals surface area contributed by atoms with Crippen LogP contribution in [0.4, 0.5) is 4.79 Å². The molecular weight excluding hydrogens is 587 g/mol.